The van der Waals surface area contributed by atoms with Gasteiger partial charge in [-0.1, -0.05) is 97.1 Å². The Morgan fingerprint density at radius 3 is 2.28 bits per heavy atom. The van der Waals surface area contributed by atoms with E-state index in [0.717, 1.165) is 31.2 Å². The number of carbonyl (C=O) groups excluding carboxylic acids is 2. The molecule has 0 bridgehead atoms. The first-order valence-corrected chi connectivity index (χ1v) is 15.1. The molecule has 1 fully saturated rings. The first-order chi connectivity index (χ1) is 18.9. The number of nitrogens with one attached hydrogen (secondary N) is 1. The molecule has 0 saturated heterocycles. The van der Waals surface area contributed by atoms with E-state index < -0.39 is 6.04 Å². The normalized spacial score (nSPS) is 14.5. The first-order valence-electron chi connectivity index (χ1n) is 13.9. The molecule has 3 aromatic carbocycles. The van der Waals surface area contributed by atoms with Crippen molar-refractivity contribution in [2.75, 3.05) is 5.75 Å². The summed E-state index contributed by atoms with van der Waals surface area (Å²) in [6, 6.07) is 22.1. The molecule has 0 radical (unpaired) electrons. The third-order valence-corrected chi connectivity index (χ3v) is 8.29. The van der Waals surface area contributed by atoms with Gasteiger partial charge in [0.2, 0.25) is 11.8 Å². The zero-order valence-electron chi connectivity index (χ0n) is 23.0. The Morgan fingerprint density at radius 1 is 0.923 bits per heavy atom. The van der Waals surface area contributed by atoms with E-state index >= 15 is 0 Å². The standard InChI is InChI=1S/C33H39FN2O2S/c1-24-17-25(2)19-27(18-24)22-39-23-32(37)36(21-28-13-9-10-16-30(28)34)31(20-26-11-5-3-6-12-26)33(38)35-29-14-7-4-8-15-29/h3,5-6,9-13,16-19,29,31H,4,7-8,14-15,20-23H2,1-2H3,(H,35,38)/t31-/m0/s1. The molecule has 4 rings (SSSR count). The molecule has 0 aromatic heterocycles. The summed E-state index contributed by atoms with van der Waals surface area (Å²) >= 11 is 1.53. The molecule has 6 heteroatoms. The van der Waals surface area contributed by atoms with E-state index in [1.807, 2.05) is 30.3 Å². The van der Waals surface area contributed by atoms with Crippen LogP contribution in [0.2, 0.25) is 0 Å². The first kappa shape index (κ1) is 28.9. The highest BCUT2D eigenvalue weighted by molar-refractivity contribution is 7.99. The third kappa shape index (κ3) is 8.69. The van der Waals surface area contributed by atoms with Gasteiger partial charge in [0, 0.05) is 30.3 Å². The largest absolute Gasteiger partial charge is 0.352 e. The van der Waals surface area contributed by atoms with E-state index in [1.165, 1.54) is 40.9 Å². The molecule has 0 heterocycles. The van der Waals surface area contributed by atoms with E-state index in [1.54, 1.807) is 23.1 Å². The lowest BCUT2D eigenvalue weighted by molar-refractivity contribution is -0.139. The fraction of sp³-hybridized carbons (Fsp3) is 0.394. The average Bonchev–Trinajstić information content (AvgIpc) is 2.92. The fourth-order valence-electron chi connectivity index (χ4n) is 5.40. The lowest BCUT2D eigenvalue weighted by atomic mass is 9.94. The molecule has 1 aliphatic rings. The van der Waals surface area contributed by atoms with Crippen LogP contribution in [-0.4, -0.2) is 34.6 Å². The monoisotopic (exact) mass is 546 g/mol. The number of hydrogen-bond donors (Lipinski definition) is 1. The number of hydrogen-bond acceptors (Lipinski definition) is 3. The minimum Gasteiger partial charge on any atom is -0.352 e. The second-order valence-electron chi connectivity index (χ2n) is 10.7. The van der Waals surface area contributed by atoms with Gasteiger partial charge in [0.15, 0.2) is 0 Å². The maximum Gasteiger partial charge on any atom is 0.243 e. The molecule has 0 unspecified atom stereocenters. The Kier molecular flexibility index (Phi) is 10.6. The summed E-state index contributed by atoms with van der Waals surface area (Å²) in [5.74, 6) is 0.217. The van der Waals surface area contributed by atoms with Crippen molar-refractivity contribution in [2.24, 2.45) is 0 Å². The van der Waals surface area contributed by atoms with Gasteiger partial charge >= 0.3 is 0 Å². The van der Waals surface area contributed by atoms with Gasteiger partial charge in [-0.3, -0.25) is 9.59 Å². The van der Waals surface area contributed by atoms with Gasteiger partial charge < -0.3 is 10.2 Å². The molecule has 1 atom stereocenters. The summed E-state index contributed by atoms with van der Waals surface area (Å²) in [4.78, 5) is 29.2. The smallest absolute Gasteiger partial charge is 0.243 e. The molecule has 4 nitrogen and oxygen atoms in total. The van der Waals surface area contributed by atoms with Gasteiger partial charge in [-0.05, 0) is 43.9 Å². The summed E-state index contributed by atoms with van der Waals surface area (Å²) < 4.78 is 14.8. The topological polar surface area (TPSA) is 49.4 Å². The molecule has 1 saturated carbocycles. The predicted octanol–water partition coefficient (Wildman–Crippen LogP) is 6.76. The Morgan fingerprint density at radius 2 is 1.59 bits per heavy atom. The van der Waals surface area contributed by atoms with Crippen molar-refractivity contribution in [3.05, 3.63) is 106 Å². The van der Waals surface area contributed by atoms with Crippen LogP contribution in [0.1, 0.15) is 59.9 Å². The quantitative estimate of drug-likeness (QED) is 0.289. The number of aryl methyl sites for hydroxylation is 2. The zero-order valence-corrected chi connectivity index (χ0v) is 23.8. The summed E-state index contributed by atoms with van der Waals surface area (Å²) in [6.45, 7) is 4.19. The molecule has 2 amide bonds. The zero-order chi connectivity index (χ0) is 27.6. The average molecular weight is 547 g/mol. The van der Waals surface area contributed by atoms with E-state index in [4.69, 9.17) is 0 Å². The molecule has 206 valence electrons. The van der Waals surface area contributed by atoms with Crippen LogP contribution in [0.15, 0.2) is 72.8 Å². The van der Waals surface area contributed by atoms with Crippen molar-refractivity contribution in [1.29, 1.82) is 0 Å². The number of amides is 2. The molecular weight excluding hydrogens is 507 g/mol. The Hall–Kier alpha value is -3.12. The van der Waals surface area contributed by atoms with E-state index in [0.29, 0.717) is 17.7 Å². The number of nitrogens with zero attached hydrogens (tertiary/aromatic N) is 1. The van der Waals surface area contributed by atoms with Crippen molar-refractivity contribution in [3.8, 4) is 0 Å². The minimum atomic E-state index is -0.733. The summed E-state index contributed by atoms with van der Waals surface area (Å²) in [6.07, 6.45) is 5.67. The molecule has 1 aliphatic carbocycles. The highest BCUT2D eigenvalue weighted by atomic mass is 32.2. The van der Waals surface area contributed by atoms with Crippen LogP contribution in [0, 0.1) is 19.7 Å². The summed E-state index contributed by atoms with van der Waals surface area (Å²) in [7, 11) is 0. The molecule has 0 spiro atoms. The summed E-state index contributed by atoms with van der Waals surface area (Å²) in [5, 5.41) is 3.24. The van der Waals surface area contributed by atoms with E-state index in [2.05, 4.69) is 37.4 Å². The maximum atomic E-state index is 14.8. The van der Waals surface area contributed by atoms with Crippen LogP contribution in [-0.2, 0) is 28.3 Å². The second-order valence-corrected chi connectivity index (χ2v) is 11.6. The van der Waals surface area contributed by atoms with Gasteiger partial charge in [0.05, 0.1) is 5.75 Å². The number of thioether (sulfide) groups is 1. The summed E-state index contributed by atoms with van der Waals surface area (Å²) in [5.41, 5.74) is 4.94. The van der Waals surface area contributed by atoms with Crippen LogP contribution < -0.4 is 5.32 Å². The number of halogens is 1. The van der Waals surface area contributed by atoms with Gasteiger partial charge in [-0.15, -0.1) is 11.8 Å². The minimum absolute atomic E-state index is 0.0468. The predicted molar refractivity (Wildman–Crippen MR) is 158 cm³/mol. The van der Waals surface area contributed by atoms with Crippen LogP contribution in [0.25, 0.3) is 0 Å². The van der Waals surface area contributed by atoms with Crippen molar-refractivity contribution in [1.82, 2.24) is 10.2 Å². The highest BCUT2D eigenvalue weighted by Crippen LogP contribution is 2.22. The number of rotatable bonds is 11. The Balaban J connectivity index is 1.57. The van der Waals surface area contributed by atoms with Crippen LogP contribution in [0.4, 0.5) is 4.39 Å². The van der Waals surface area contributed by atoms with Crippen molar-refractivity contribution in [3.63, 3.8) is 0 Å². The van der Waals surface area contributed by atoms with Gasteiger partial charge in [-0.2, -0.15) is 0 Å². The van der Waals surface area contributed by atoms with E-state index in [-0.39, 0.29) is 36.0 Å². The molecule has 1 N–H and O–H groups in total. The van der Waals surface area contributed by atoms with Crippen molar-refractivity contribution < 1.29 is 14.0 Å². The Labute approximate surface area is 236 Å². The van der Waals surface area contributed by atoms with Crippen LogP contribution in [0.3, 0.4) is 0 Å². The molecular formula is C33H39FN2O2S. The highest BCUT2D eigenvalue weighted by Gasteiger charge is 2.32. The maximum absolute atomic E-state index is 14.8. The van der Waals surface area contributed by atoms with Crippen molar-refractivity contribution >= 4 is 23.6 Å². The number of carbonyl (C=O) groups is 2. The molecule has 39 heavy (non-hydrogen) atoms. The van der Waals surface area contributed by atoms with Crippen LogP contribution >= 0.6 is 11.8 Å². The van der Waals surface area contributed by atoms with Crippen molar-refractivity contribution in [2.45, 2.75) is 76.8 Å². The Bertz CT molecular complexity index is 1220. The second kappa shape index (κ2) is 14.3. The fourth-order valence-corrected chi connectivity index (χ4v) is 6.24. The van der Waals surface area contributed by atoms with Gasteiger partial charge in [0.1, 0.15) is 11.9 Å². The molecule has 0 aliphatic heterocycles. The van der Waals surface area contributed by atoms with Gasteiger partial charge in [0.25, 0.3) is 0 Å². The third-order valence-electron chi connectivity index (χ3n) is 7.30. The van der Waals surface area contributed by atoms with Gasteiger partial charge in [-0.25, -0.2) is 4.39 Å². The molecule has 3 aromatic rings. The number of benzene rings is 3. The lowest BCUT2D eigenvalue weighted by Crippen LogP contribution is -2.53. The SMILES string of the molecule is Cc1cc(C)cc(CSCC(=O)N(Cc2ccccc2F)[C@@H](Cc2ccccc2)C(=O)NC2CCCCC2)c1. The van der Waals surface area contributed by atoms with E-state index in [9.17, 15) is 14.0 Å². The van der Waals surface area contributed by atoms with Crippen LogP contribution in [0.5, 0.6) is 0 Å². The lowest BCUT2D eigenvalue weighted by Gasteiger charge is -2.33.